The van der Waals surface area contributed by atoms with Crippen LogP contribution in [0.15, 0.2) is 73.6 Å². The molecule has 0 aliphatic rings. The molecule has 5 heteroatoms. The normalized spacial score (nSPS) is 10.8. The summed E-state index contributed by atoms with van der Waals surface area (Å²) in [6, 6.07) is 18.4. The fourth-order valence-corrected chi connectivity index (χ4v) is 3.52. The lowest BCUT2D eigenvalue weighted by Gasteiger charge is -2.12. The standard InChI is InChI=1S/C25H25N5/c1-17-12-20(16-28-25(17)22-10-11-26-18(2)13-22)15-27-19(3)24-14-23(29-30(24)4)21-8-6-5-7-9-21/h5-14,16,27H,3,15H2,1-2,4H3. The number of rotatable bonds is 6. The largest absolute Gasteiger partial charge is 0.380 e. The van der Waals surface area contributed by atoms with Crippen molar-refractivity contribution in [2.75, 3.05) is 0 Å². The van der Waals surface area contributed by atoms with Crippen LogP contribution < -0.4 is 5.32 Å². The predicted molar refractivity (Wildman–Crippen MR) is 121 cm³/mol. The topological polar surface area (TPSA) is 55.6 Å². The van der Waals surface area contributed by atoms with E-state index >= 15 is 0 Å². The van der Waals surface area contributed by atoms with E-state index in [4.69, 9.17) is 0 Å². The summed E-state index contributed by atoms with van der Waals surface area (Å²) in [6.07, 6.45) is 3.74. The number of pyridine rings is 2. The average Bonchev–Trinajstić information content (AvgIpc) is 3.14. The molecule has 30 heavy (non-hydrogen) atoms. The molecule has 0 atom stereocenters. The van der Waals surface area contributed by atoms with Gasteiger partial charge in [-0.1, -0.05) is 43.0 Å². The van der Waals surface area contributed by atoms with Crippen molar-refractivity contribution < 1.29 is 0 Å². The van der Waals surface area contributed by atoms with Gasteiger partial charge in [0.15, 0.2) is 0 Å². The predicted octanol–water partition coefficient (Wildman–Crippen LogP) is 4.92. The van der Waals surface area contributed by atoms with Gasteiger partial charge in [0.25, 0.3) is 0 Å². The molecular formula is C25H25N5. The highest BCUT2D eigenvalue weighted by atomic mass is 15.3. The summed E-state index contributed by atoms with van der Waals surface area (Å²) in [6.45, 7) is 8.93. The Morgan fingerprint density at radius 1 is 1.00 bits per heavy atom. The first-order chi connectivity index (χ1) is 14.5. The molecule has 3 heterocycles. The average molecular weight is 396 g/mol. The molecule has 0 spiro atoms. The number of hydrogen-bond acceptors (Lipinski definition) is 4. The van der Waals surface area contributed by atoms with E-state index in [0.717, 1.165) is 50.7 Å². The van der Waals surface area contributed by atoms with Crippen LogP contribution in [0.4, 0.5) is 0 Å². The molecule has 0 saturated heterocycles. The minimum Gasteiger partial charge on any atom is -0.380 e. The Bertz CT molecular complexity index is 1190. The highest BCUT2D eigenvalue weighted by Gasteiger charge is 2.11. The summed E-state index contributed by atoms with van der Waals surface area (Å²) < 4.78 is 1.86. The smallest absolute Gasteiger partial charge is 0.0930 e. The van der Waals surface area contributed by atoms with Crippen molar-refractivity contribution in [1.29, 1.82) is 0 Å². The van der Waals surface area contributed by atoms with Crippen molar-refractivity contribution in [3.8, 4) is 22.5 Å². The third-order valence-electron chi connectivity index (χ3n) is 5.07. The number of nitrogens with zero attached hydrogens (tertiary/aromatic N) is 4. The maximum Gasteiger partial charge on any atom is 0.0930 e. The molecule has 150 valence electrons. The monoisotopic (exact) mass is 395 g/mol. The molecule has 0 fully saturated rings. The lowest BCUT2D eigenvalue weighted by atomic mass is 10.1. The zero-order chi connectivity index (χ0) is 21.1. The quantitative estimate of drug-likeness (QED) is 0.503. The van der Waals surface area contributed by atoms with Gasteiger partial charge in [-0.25, -0.2) is 0 Å². The van der Waals surface area contributed by atoms with E-state index < -0.39 is 0 Å². The van der Waals surface area contributed by atoms with Crippen LogP contribution in [-0.2, 0) is 13.6 Å². The van der Waals surface area contributed by atoms with Crippen molar-refractivity contribution >= 4 is 5.70 Å². The Morgan fingerprint density at radius 2 is 1.80 bits per heavy atom. The molecule has 0 radical (unpaired) electrons. The number of aryl methyl sites for hydroxylation is 3. The number of benzene rings is 1. The number of nitrogens with one attached hydrogen (secondary N) is 1. The molecule has 0 saturated carbocycles. The number of hydrogen-bond donors (Lipinski definition) is 1. The Morgan fingerprint density at radius 3 is 2.53 bits per heavy atom. The van der Waals surface area contributed by atoms with Gasteiger partial charge in [0.2, 0.25) is 0 Å². The summed E-state index contributed by atoms with van der Waals surface area (Å²) in [5.41, 5.74) is 9.13. The lowest BCUT2D eigenvalue weighted by molar-refractivity contribution is 0.745. The molecule has 3 aromatic heterocycles. The van der Waals surface area contributed by atoms with E-state index in [9.17, 15) is 0 Å². The fourth-order valence-electron chi connectivity index (χ4n) is 3.52. The van der Waals surface area contributed by atoms with Crippen molar-refractivity contribution in [1.82, 2.24) is 25.1 Å². The first kappa shape index (κ1) is 19.6. The summed E-state index contributed by atoms with van der Waals surface area (Å²) >= 11 is 0. The Hall–Kier alpha value is -3.73. The lowest BCUT2D eigenvalue weighted by Crippen LogP contribution is -2.14. The van der Waals surface area contributed by atoms with Gasteiger partial charge >= 0.3 is 0 Å². The fraction of sp³-hybridized carbons (Fsp3) is 0.160. The van der Waals surface area contributed by atoms with Crippen LogP contribution in [0, 0.1) is 13.8 Å². The Labute approximate surface area is 177 Å². The third-order valence-corrected chi connectivity index (χ3v) is 5.07. The molecule has 0 aliphatic heterocycles. The first-order valence-corrected chi connectivity index (χ1v) is 9.92. The molecule has 4 rings (SSSR count). The SMILES string of the molecule is C=C(NCc1cnc(-c2ccnc(C)c2)c(C)c1)c1cc(-c2ccccc2)nn1C. The molecular weight excluding hydrogens is 370 g/mol. The van der Waals surface area contributed by atoms with Gasteiger partial charge in [-0.05, 0) is 43.2 Å². The van der Waals surface area contributed by atoms with Crippen LogP contribution in [0.2, 0.25) is 0 Å². The van der Waals surface area contributed by atoms with Crippen LogP contribution in [0.1, 0.15) is 22.5 Å². The van der Waals surface area contributed by atoms with Gasteiger partial charge in [-0.3, -0.25) is 14.6 Å². The molecule has 4 aromatic rings. The van der Waals surface area contributed by atoms with Gasteiger partial charge in [-0.15, -0.1) is 0 Å². The zero-order valence-corrected chi connectivity index (χ0v) is 17.6. The Kier molecular flexibility index (Phi) is 5.44. The van der Waals surface area contributed by atoms with Gasteiger partial charge in [-0.2, -0.15) is 5.10 Å². The minimum atomic E-state index is 0.647. The van der Waals surface area contributed by atoms with E-state index in [2.05, 4.69) is 64.2 Å². The second-order valence-corrected chi connectivity index (χ2v) is 7.43. The molecule has 1 aromatic carbocycles. The van der Waals surface area contributed by atoms with Gasteiger partial charge < -0.3 is 5.32 Å². The molecule has 0 bridgehead atoms. The van der Waals surface area contributed by atoms with Gasteiger partial charge in [0, 0.05) is 42.8 Å². The molecule has 0 unspecified atom stereocenters. The van der Waals surface area contributed by atoms with E-state index in [1.165, 1.54) is 0 Å². The summed E-state index contributed by atoms with van der Waals surface area (Å²) in [5.74, 6) is 0. The summed E-state index contributed by atoms with van der Waals surface area (Å²) in [4.78, 5) is 8.95. The molecule has 1 N–H and O–H groups in total. The second kappa shape index (κ2) is 8.33. The highest BCUT2D eigenvalue weighted by Crippen LogP contribution is 2.23. The highest BCUT2D eigenvalue weighted by molar-refractivity contribution is 5.67. The van der Waals surface area contributed by atoms with Crippen molar-refractivity contribution in [2.45, 2.75) is 20.4 Å². The van der Waals surface area contributed by atoms with Crippen LogP contribution in [0.3, 0.4) is 0 Å². The van der Waals surface area contributed by atoms with E-state index in [0.29, 0.717) is 6.54 Å². The Balaban J connectivity index is 1.47. The van der Waals surface area contributed by atoms with Crippen molar-refractivity contribution in [3.05, 3.63) is 96.1 Å². The number of aromatic nitrogens is 4. The maximum atomic E-state index is 4.69. The molecule has 0 aliphatic carbocycles. The van der Waals surface area contributed by atoms with Crippen LogP contribution in [0.5, 0.6) is 0 Å². The van der Waals surface area contributed by atoms with E-state index in [-0.39, 0.29) is 0 Å². The second-order valence-electron chi connectivity index (χ2n) is 7.43. The van der Waals surface area contributed by atoms with Crippen molar-refractivity contribution in [2.24, 2.45) is 7.05 Å². The first-order valence-electron chi connectivity index (χ1n) is 9.92. The van der Waals surface area contributed by atoms with Crippen LogP contribution >= 0.6 is 0 Å². The van der Waals surface area contributed by atoms with Crippen LogP contribution in [-0.4, -0.2) is 19.7 Å². The third kappa shape index (κ3) is 4.15. The van der Waals surface area contributed by atoms with E-state index in [1.54, 1.807) is 0 Å². The van der Waals surface area contributed by atoms with Gasteiger partial charge in [0.05, 0.1) is 22.8 Å². The summed E-state index contributed by atoms with van der Waals surface area (Å²) in [7, 11) is 1.94. The molecule has 5 nitrogen and oxygen atoms in total. The zero-order valence-electron chi connectivity index (χ0n) is 17.6. The van der Waals surface area contributed by atoms with Crippen LogP contribution in [0.25, 0.3) is 28.2 Å². The molecule has 0 amide bonds. The van der Waals surface area contributed by atoms with Crippen molar-refractivity contribution in [3.63, 3.8) is 0 Å². The van der Waals surface area contributed by atoms with E-state index in [1.807, 2.05) is 55.3 Å². The van der Waals surface area contributed by atoms with Gasteiger partial charge in [0.1, 0.15) is 0 Å². The minimum absolute atomic E-state index is 0.647. The summed E-state index contributed by atoms with van der Waals surface area (Å²) in [5, 5.41) is 8.03. The maximum absolute atomic E-state index is 4.69.